The Kier molecular flexibility index (Phi) is 7.21. The van der Waals surface area contributed by atoms with Crippen LogP contribution in [-0.4, -0.2) is 47.9 Å². The van der Waals surface area contributed by atoms with Gasteiger partial charge in [0.2, 0.25) is 5.88 Å². The van der Waals surface area contributed by atoms with Gasteiger partial charge in [-0.15, -0.1) is 0 Å². The van der Waals surface area contributed by atoms with Crippen molar-refractivity contribution >= 4 is 28.6 Å². The minimum absolute atomic E-state index is 0.00592. The third kappa shape index (κ3) is 5.67. The second-order valence-electron chi connectivity index (χ2n) is 9.54. The highest BCUT2D eigenvalue weighted by atomic mass is 35.5. The van der Waals surface area contributed by atoms with Crippen LogP contribution in [0.5, 0.6) is 5.88 Å². The summed E-state index contributed by atoms with van der Waals surface area (Å²) in [6.07, 6.45) is 2.49. The highest BCUT2D eigenvalue weighted by Crippen LogP contribution is 2.24. The maximum Gasteiger partial charge on any atom is 0.348 e. The summed E-state index contributed by atoms with van der Waals surface area (Å²) in [5.41, 5.74) is 2.02. The van der Waals surface area contributed by atoms with Gasteiger partial charge in [0.1, 0.15) is 18.2 Å². The van der Waals surface area contributed by atoms with Crippen molar-refractivity contribution < 1.29 is 23.8 Å². The molecule has 2 aromatic carbocycles. The van der Waals surface area contributed by atoms with E-state index in [1.165, 1.54) is 16.7 Å². The highest BCUT2D eigenvalue weighted by molar-refractivity contribution is 6.30. The summed E-state index contributed by atoms with van der Waals surface area (Å²) in [7, 11) is 0. The predicted octanol–water partition coefficient (Wildman–Crippen LogP) is 4.56. The number of ether oxygens (including phenoxy) is 2. The number of pyridine rings is 1. The van der Waals surface area contributed by atoms with Crippen molar-refractivity contribution in [2.45, 2.75) is 32.2 Å². The quantitative estimate of drug-likeness (QED) is 0.271. The SMILES string of the molecule is O=C(O)c1ccc2nc(Cn3ccc(-c4cccc(OCc5ccc(Cl)cc5F)n4)nc3=O)n(C[C@@H]3CCO3)c2c1. The molecule has 0 spiro atoms. The van der Waals surface area contributed by atoms with E-state index in [9.17, 15) is 19.1 Å². The molecule has 208 valence electrons. The molecule has 5 aromatic rings. The summed E-state index contributed by atoms with van der Waals surface area (Å²) >= 11 is 5.81. The molecule has 0 radical (unpaired) electrons. The molecule has 1 atom stereocenters. The minimum Gasteiger partial charge on any atom is -0.478 e. The van der Waals surface area contributed by atoms with Crippen molar-refractivity contribution in [3.8, 4) is 17.3 Å². The van der Waals surface area contributed by atoms with E-state index in [0.29, 0.717) is 52.0 Å². The van der Waals surface area contributed by atoms with Crippen LogP contribution in [0.15, 0.2) is 71.7 Å². The Morgan fingerprint density at radius 3 is 2.66 bits per heavy atom. The molecule has 41 heavy (non-hydrogen) atoms. The van der Waals surface area contributed by atoms with Crippen LogP contribution < -0.4 is 10.4 Å². The number of benzene rings is 2. The molecule has 12 heteroatoms. The number of aromatic nitrogens is 5. The largest absolute Gasteiger partial charge is 0.478 e. The standard InChI is InChI=1S/C29H23ClFN5O5/c30-19-6-4-18(21(31)13-19)16-41-27-3-1-2-22(33-27)23-8-10-35(29(39)34-23)15-26-32-24-7-5-17(28(37)38)12-25(24)36(26)14-20-9-11-40-20/h1-8,10,12-13,20H,9,11,14-16H2,(H,37,38)/t20-/m0/s1. The zero-order valence-electron chi connectivity index (χ0n) is 21.5. The summed E-state index contributed by atoms with van der Waals surface area (Å²) in [5, 5.41) is 9.75. The third-order valence-corrected chi connectivity index (χ3v) is 7.05. The fraction of sp³-hybridized carbons (Fsp3) is 0.207. The lowest BCUT2D eigenvalue weighted by Gasteiger charge is -2.27. The number of hydrogen-bond donors (Lipinski definition) is 1. The first-order valence-corrected chi connectivity index (χ1v) is 13.2. The average Bonchev–Trinajstić information content (AvgIpc) is 3.27. The van der Waals surface area contributed by atoms with Crippen LogP contribution >= 0.6 is 11.6 Å². The number of carboxylic acids is 1. The fourth-order valence-electron chi connectivity index (χ4n) is 4.53. The molecule has 3 aromatic heterocycles. The Morgan fingerprint density at radius 1 is 1.10 bits per heavy atom. The third-order valence-electron chi connectivity index (χ3n) is 6.82. The first-order valence-electron chi connectivity index (χ1n) is 12.8. The van der Waals surface area contributed by atoms with Gasteiger partial charge in [-0.3, -0.25) is 4.57 Å². The molecule has 1 saturated heterocycles. The number of aromatic carboxylic acids is 1. The van der Waals surface area contributed by atoms with Crippen molar-refractivity contribution in [3.63, 3.8) is 0 Å². The molecule has 0 aliphatic carbocycles. The van der Waals surface area contributed by atoms with Gasteiger partial charge in [0.05, 0.1) is 47.2 Å². The number of carboxylic acid groups (broad SMARTS) is 1. The van der Waals surface area contributed by atoms with E-state index in [-0.39, 0.29) is 30.7 Å². The second kappa shape index (κ2) is 11.1. The molecule has 6 rings (SSSR count). The van der Waals surface area contributed by atoms with Gasteiger partial charge in [-0.1, -0.05) is 23.7 Å². The molecule has 0 bridgehead atoms. The number of imidazole rings is 1. The topological polar surface area (TPSA) is 121 Å². The van der Waals surface area contributed by atoms with Gasteiger partial charge >= 0.3 is 11.7 Å². The number of hydrogen-bond acceptors (Lipinski definition) is 7. The zero-order chi connectivity index (χ0) is 28.5. The van der Waals surface area contributed by atoms with E-state index in [2.05, 4.69) is 15.0 Å². The molecule has 10 nitrogen and oxygen atoms in total. The first kappa shape index (κ1) is 26.6. The Morgan fingerprint density at radius 2 is 1.93 bits per heavy atom. The second-order valence-corrected chi connectivity index (χ2v) is 9.97. The zero-order valence-corrected chi connectivity index (χ0v) is 22.3. The van der Waals surface area contributed by atoms with E-state index in [1.54, 1.807) is 54.7 Å². The number of carbonyl (C=O) groups is 1. The maximum atomic E-state index is 14.1. The van der Waals surface area contributed by atoms with Crippen LogP contribution in [-0.2, 0) is 24.4 Å². The fourth-order valence-corrected chi connectivity index (χ4v) is 4.69. The number of fused-ring (bicyclic) bond motifs is 1. The molecule has 1 fully saturated rings. The Balaban J connectivity index is 1.24. The summed E-state index contributed by atoms with van der Waals surface area (Å²) in [6.45, 7) is 1.25. The Labute approximate surface area is 237 Å². The van der Waals surface area contributed by atoms with Crippen LogP contribution in [0.4, 0.5) is 4.39 Å². The monoisotopic (exact) mass is 575 g/mol. The smallest absolute Gasteiger partial charge is 0.348 e. The first-order chi connectivity index (χ1) is 19.8. The van der Waals surface area contributed by atoms with Gasteiger partial charge in [0.15, 0.2) is 0 Å². The lowest BCUT2D eigenvalue weighted by Crippen LogP contribution is -2.32. The summed E-state index contributed by atoms with van der Waals surface area (Å²) in [5.74, 6) is -0.680. The normalized spacial score (nSPS) is 14.6. The summed E-state index contributed by atoms with van der Waals surface area (Å²) < 4.78 is 28.7. The molecule has 4 heterocycles. The number of rotatable bonds is 9. The van der Waals surface area contributed by atoms with Gasteiger partial charge in [-0.25, -0.2) is 23.9 Å². The molecule has 1 N–H and O–H groups in total. The lowest BCUT2D eigenvalue weighted by atomic mass is 10.1. The number of nitrogens with zero attached hydrogens (tertiary/aromatic N) is 5. The van der Waals surface area contributed by atoms with Crippen molar-refractivity contribution in [3.05, 3.63) is 105 Å². The Bertz CT molecular complexity index is 1830. The van der Waals surface area contributed by atoms with Crippen LogP contribution in [0, 0.1) is 5.82 Å². The highest BCUT2D eigenvalue weighted by Gasteiger charge is 2.23. The Hall–Kier alpha value is -4.61. The molecule has 0 amide bonds. The van der Waals surface area contributed by atoms with E-state index in [0.717, 1.165) is 6.42 Å². The molecule has 0 saturated carbocycles. The van der Waals surface area contributed by atoms with Crippen LogP contribution in [0.25, 0.3) is 22.4 Å². The van der Waals surface area contributed by atoms with Gasteiger partial charge in [0.25, 0.3) is 0 Å². The average molecular weight is 576 g/mol. The van der Waals surface area contributed by atoms with Gasteiger partial charge < -0.3 is 19.1 Å². The van der Waals surface area contributed by atoms with Crippen LogP contribution in [0.3, 0.4) is 0 Å². The van der Waals surface area contributed by atoms with E-state index >= 15 is 0 Å². The van der Waals surface area contributed by atoms with E-state index < -0.39 is 17.5 Å². The van der Waals surface area contributed by atoms with E-state index in [4.69, 9.17) is 21.1 Å². The van der Waals surface area contributed by atoms with Gasteiger partial charge in [-0.05, 0) is 48.9 Å². The number of halogens is 2. The molecule has 0 unspecified atom stereocenters. The molecular formula is C29H23ClFN5O5. The maximum absolute atomic E-state index is 14.1. The van der Waals surface area contributed by atoms with Crippen molar-refractivity contribution in [2.24, 2.45) is 0 Å². The van der Waals surface area contributed by atoms with Crippen molar-refractivity contribution in [2.75, 3.05) is 6.61 Å². The van der Waals surface area contributed by atoms with Gasteiger partial charge in [-0.2, -0.15) is 4.98 Å². The summed E-state index contributed by atoms with van der Waals surface area (Å²) in [4.78, 5) is 37.9. The predicted molar refractivity (Wildman–Crippen MR) is 148 cm³/mol. The van der Waals surface area contributed by atoms with E-state index in [1.807, 2.05) is 4.57 Å². The van der Waals surface area contributed by atoms with Gasteiger partial charge in [0, 0.05) is 29.5 Å². The lowest BCUT2D eigenvalue weighted by molar-refractivity contribution is -0.0590. The molecular weight excluding hydrogens is 553 g/mol. The van der Waals surface area contributed by atoms with Crippen molar-refractivity contribution in [1.29, 1.82) is 0 Å². The minimum atomic E-state index is -1.03. The molecule has 1 aliphatic heterocycles. The van der Waals surface area contributed by atoms with Crippen molar-refractivity contribution in [1.82, 2.24) is 24.1 Å². The summed E-state index contributed by atoms with van der Waals surface area (Å²) in [6, 6.07) is 15.8. The molecule has 1 aliphatic rings. The van der Waals surface area contributed by atoms with Crippen LogP contribution in [0.1, 0.15) is 28.2 Å². The van der Waals surface area contributed by atoms with Crippen LogP contribution in [0.2, 0.25) is 5.02 Å².